The van der Waals surface area contributed by atoms with Crippen LogP contribution in [0, 0.1) is 0 Å². The number of rotatable bonds is 10. The predicted octanol–water partition coefficient (Wildman–Crippen LogP) is 6.39. The van der Waals surface area contributed by atoms with Crippen LogP contribution in [0.25, 0.3) is 17.0 Å². The van der Waals surface area contributed by atoms with E-state index >= 15 is 0 Å². The molecule has 1 aliphatic rings. The first-order chi connectivity index (χ1) is 17.0. The summed E-state index contributed by atoms with van der Waals surface area (Å²) in [5.41, 5.74) is 4.74. The Morgan fingerprint density at radius 2 is 1.77 bits per heavy atom. The molecule has 7 nitrogen and oxygen atoms in total. The largest absolute Gasteiger partial charge is 0.494 e. The summed E-state index contributed by atoms with van der Waals surface area (Å²) in [4.78, 5) is 19.6. The van der Waals surface area contributed by atoms with Gasteiger partial charge in [0.2, 0.25) is 5.82 Å². The number of nitrogens with zero attached hydrogens (tertiary/aromatic N) is 3. The summed E-state index contributed by atoms with van der Waals surface area (Å²) in [7, 11) is 0. The summed E-state index contributed by atoms with van der Waals surface area (Å²) >= 11 is 0. The summed E-state index contributed by atoms with van der Waals surface area (Å²) < 4.78 is 11.3. The van der Waals surface area contributed by atoms with Gasteiger partial charge in [0.15, 0.2) is 0 Å². The Balaban J connectivity index is 1.72. The van der Waals surface area contributed by atoms with Crippen molar-refractivity contribution in [2.75, 3.05) is 13.2 Å². The van der Waals surface area contributed by atoms with Crippen LogP contribution in [0.3, 0.4) is 0 Å². The highest BCUT2D eigenvalue weighted by Crippen LogP contribution is 2.37. The zero-order valence-electron chi connectivity index (χ0n) is 21.0. The van der Waals surface area contributed by atoms with Crippen molar-refractivity contribution in [3.05, 3.63) is 71.2 Å². The molecular weight excluding hydrogens is 440 g/mol. The van der Waals surface area contributed by atoms with Crippen LogP contribution in [0.15, 0.2) is 58.8 Å². The number of amides is 2. The van der Waals surface area contributed by atoms with Crippen molar-refractivity contribution in [3.63, 3.8) is 0 Å². The highest BCUT2D eigenvalue weighted by atomic mass is 16.5. The van der Waals surface area contributed by atoms with E-state index in [1.165, 1.54) is 5.56 Å². The van der Waals surface area contributed by atoms with Crippen LogP contribution in [-0.4, -0.2) is 34.2 Å². The fourth-order valence-corrected chi connectivity index (χ4v) is 4.36. The van der Waals surface area contributed by atoms with E-state index in [4.69, 9.17) is 14.2 Å². The standard InChI is InChI=1S/C28H34N4O3/c1-5-8-9-18-32-19(4)24(25(29-28(32)33)21-12-10-20(6-2)11-13-21)27-30-26(31-35-27)22-14-16-23(17-15-22)34-7-3/h10-17,25H,5-9,18H2,1-4H3,(H,29,33). The maximum Gasteiger partial charge on any atom is 0.322 e. The van der Waals surface area contributed by atoms with Crippen molar-refractivity contribution in [1.82, 2.24) is 20.4 Å². The lowest BCUT2D eigenvalue weighted by atomic mass is 9.93. The number of allylic oxidation sites excluding steroid dienone is 1. The minimum Gasteiger partial charge on any atom is -0.494 e. The normalized spacial score (nSPS) is 15.9. The molecule has 1 atom stereocenters. The van der Waals surface area contributed by atoms with Gasteiger partial charge in [0.1, 0.15) is 5.75 Å². The highest BCUT2D eigenvalue weighted by molar-refractivity contribution is 5.86. The number of aryl methyl sites for hydroxylation is 1. The van der Waals surface area contributed by atoms with Crippen LogP contribution >= 0.6 is 0 Å². The van der Waals surface area contributed by atoms with Gasteiger partial charge in [0.05, 0.1) is 18.2 Å². The predicted molar refractivity (Wildman–Crippen MR) is 137 cm³/mol. The van der Waals surface area contributed by atoms with E-state index in [2.05, 4.69) is 48.6 Å². The molecule has 2 heterocycles. The fourth-order valence-electron chi connectivity index (χ4n) is 4.36. The first kappa shape index (κ1) is 24.5. The number of unbranched alkanes of at least 4 members (excludes halogenated alkanes) is 2. The van der Waals surface area contributed by atoms with E-state index in [0.29, 0.717) is 24.9 Å². The van der Waals surface area contributed by atoms with Gasteiger partial charge in [-0.3, -0.25) is 4.90 Å². The van der Waals surface area contributed by atoms with Crippen LogP contribution in [0.5, 0.6) is 5.75 Å². The van der Waals surface area contributed by atoms with E-state index in [-0.39, 0.29) is 12.1 Å². The molecule has 1 unspecified atom stereocenters. The van der Waals surface area contributed by atoms with Crippen molar-refractivity contribution in [2.45, 2.75) is 59.4 Å². The van der Waals surface area contributed by atoms with Crippen molar-refractivity contribution >= 4 is 11.6 Å². The molecule has 4 rings (SSSR count). The molecule has 0 spiro atoms. The molecule has 1 aromatic heterocycles. The molecule has 1 N–H and O–H groups in total. The van der Waals surface area contributed by atoms with E-state index in [0.717, 1.165) is 53.8 Å². The second-order valence-electron chi connectivity index (χ2n) is 8.72. The molecule has 0 bridgehead atoms. The molecule has 0 saturated carbocycles. The van der Waals surface area contributed by atoms with Crippen molar-refractivity contribution in [2.24, 2.45) is 0 Å². The topological polar surface area (TPSA) is 80.5 Å². The van der Waals surface area contributed by atoms with Crippen molar-refractivity contribution in [1.29, 1.82) is 0 Å². The smallest absolute Gasteiger partial charge is 0.322 e. The third-order valence-electron chi connectivity index (χ3n) is 6.38. The Bertz CT molecular complexity index is 1170. The average Bonchev–Trinajstić information content (AvgIpc) is 3.36. The van der Waals surface area contributed by atoms with E-state index in [9.17, 15) is 4.79 Å². The lowest BCUT2D eigenvalue weighted by molar-refractivity contribution is 0.204. The molecule has 0 aliphatic carbocycles. The van der Waals surface area contributed by atoms with Crippen molar-refractivity contribution < 1.29 is 14.1 Å². The van der Waals surface area contributed by atoms with Gasteiger partial charge in [-0.2, -0.15) is 4.98 Å². The molecule has 0 saturated heterocycles. The van der Waals surface area contributed by atoms with Gasteiger partial charge >= 0.3 is 6.03 Å². The highest BCUT2D eigenvalue weighted by Gasteiger charge is 2.35. The molecule has 184 valence electrons. The summed E-state index contributed by atoms with van der Waals surface area (Å²) in [6.45, 7) is 9.46. The SMILES string of the molecule is CCCCCN1C(=O)NC(c2ccc(CC)cc2)C(c2nc(-c3ccc(OCC)cc3)no2)=C1C. The number of hydrogen-bond acceptors (Lipinski definition) is 5. The van der Waals surface area contributed by atoms with Gasteiger partial charge in [-0.1, -0.05) is 56.1 Å². The second kappa shape index (κ2) is 11.2. The number of urea groups is 1. The third-order valence-corrected chi connectivity index (χ3v) is 6.38. The number of nitrogens with one attached hydrogen (secondary N) is 1. The number of benzene rings is 2. The summed E-state index contributed by atoms with van der Waals surface area (Å²) in [6, 6.07) is 15.5. The van der Waals surface area contributed by atoms with Gasteiger partial charge in [0, 0.05) is 17.8 Å². The quantitative estimate of drug-likeness (QED) is 0.345. The van der Waals surface area contributed by atoms with E-state index < -0.39 is 0 Å². The van der Waals surface area contributed by atoms with Crippen LogP contribution in [0.1, 0.15) is 70.0 Å². The summed E-state index contributed by atoms with van der Waals surface area (Å²) in [6.07, 6.45) is 4.05. The lowest BCUT2D eigenvalue weighted by Crippen LogP contribution is -2.46. The lowest BCUT2D eigenvalue weighted by Gasteiger charge is -2.35. The summed E-state index contributed by atoms with van der Waals surface area (Å²) in [5.74, 6) is 1.71. The number of aromatic nitrogens is 2. The Morgan fingerprint density at radius 1 is 1.03 bits per heavy atom. The zero-order valence-corrected chi connectivity index (χ0v) is 21.0. The van der Waals surface area contributed by atoms with Gasteiger partial charge in [-0.05, 0) is 62.1 Å². The second-order valence-corrected chi connectivity index (χ2v) is 8.72. The van der Waals surface area contributed by atoms with Gasteiger partial charge in [-0.25, -0.2) is 4.79 Å². The average molecular weight is 475 g/mol. The Hall–Kier alpha value is -3.61. The van der Waals surface area contributed by atoms with E-state index in [1.54, 1.807) is 4.90 Å². The van der Waals surface area contributed by atoms with Gasteiger partial charge < -0.3 is 14.6 Å². The van der Waals surface area contributed by atoms with Crippen LogP contribution in [0.2, 0.25) is 0 Å². The Morgan fingerprint density at radius 3 is 2.43 bits per heavy atom. The Kier molecular flexibility index (Phi) is 7.85. The molecule has 7 heteroatoms. The molecule has 3 aromatic rings. The van der Waals surface area contributed by atoms with Crippen LogP contribution in [-0.2, 0) is 6.42 Å². The number of ether oxygens (including phenoxy) is 1. The minimum atomic E-state index is -0.371. The number of hydrogen-bond donors (Lipinski definition) is 1. The molecule has 35 heavy (non-hydrogen) atoms. The van der Waals surface area contributed by atoms with Crippen molar-refractivity contribution in [3.8, 4) is 17.1 Å². The van der Waals surface area contributed by atoms with Crippen LogP contribution < -0.4 is 10.1 Å². The maximum atomic E-state index is 13.1. The zero-order chi connectivity index (χ0) is 24.8. The van der Waals surface area contributed by atoms with Gasteiger partial charge in [0.25, 0.3) is 5.89 Å². The monoisotopic (exact) mass is 474 g/mol. The maximum absolute atomic E-state index is 13.1. The molecule has 0 fully saturated rings. The fraction of sp³-hybridized carbons (Fsp3) is 0.393. The van der Waals surface area contributed by atoms with E-state index in [1.807, 2.05) is 38.1 Å². The van der Waals surface area contributed by atoms with Gasteiger partial charge in [-0.15, -0.1) is 0 Å². The first-order valence-electron chi connectivity index (χ1n) is 12.5. The molecular formula is C28H34N4O3. The first-order valence-corrected chi connectivity index (χ1v) is 12.5. The number of carbonyl (C=O) groups is 1. The molecule has 2 amide bonds. The third kappa shape index (κ3) is 5.39. The number of carbonyl (C=O) groups excluding carboxylic acids is 1. The minimum absolute atomic E-state index is 0.0989. The molecule has 0 radical (unpaired) electrons. The van der Waals surface area contributed by atoms with Crippen LogP contribution in [0.4, 0.5) is 4.79 Å². The summed E-state index contributed by atoms with van der Waals surface area (Å²) in [5, 5.41) is 7.44. The Labute approximate surface area is 207 Å². The molecule has 2 aromatic carbocycles. The molecule has 1 aliphatic heterocycles.